The van der Waals surface area contributed by atoms with Gasteiger partial charge in [0.1, 0.15) is 6.61 Å². The standard InChI is InChI=1S/C25H21ClN2O3S/c1-16-19(26)9-6-10-20(16)27-25-28-24(29)23(32-25)14-18-11-12-21(22(13-18)30-2)31-15-17-7-4-3-5-8-17/h3-14H,15H2,1-2H3,(H,27,28,29)/b23-14-. The fraction of sp³-hybridized carbons (Fsp3) is 0.120. The third kappa shape index (κ3) is 5.15. The van der Waals surface area contributed by atoms with Crippen LogP contribution in [0.25, 0.3) is 6.08 Å². The van der Waals surface area contributed by atoms with Gasteiger partial charge in [-0.15, -0.1) is 0 Å². The fourth-order valence-electron chi connectivity index (χ4n) is 3.09. The quantitative estimate of drug-likeness (QED) is 0.446. The third-order valence-electron chi connectivity index (χ3n) is 4.83. The Morgan fingerprint density at radius 3 is 2.66 bits per heavy atom. The summed E-state index contributed by atoms with van der Waals surface area (Å²) >= 11 is 7.45. The maximum Gasteiger partial charge on any atom is 0.264 e. The Labute approximate surface area is 196 Å². The summed E-state index contributed by atoms with van der Waals surface area (Å²) in [6.07, 6.45) is 1.80. The predicted molar refractivity (Wildman–Crippen MR) is 131 cm³/mol. The second-order valence-corrected chi connectivity index (χ2v) is 8.49. The van der Waals surface area contributed by atoms with E-state index in [2.05, 4.69) is 10.3 Å². The Kier molecular flexibility index (Phi) is 6.83. The number of rotatable bonds is 6. The fourth-order valence-corrected chi connectivity index (χ4v) is 4.09. The monoisotopic (exact) mass is 464 g/mol. The molecule has 3 aromatic rings. The first-order chi connectivity index (χ1) is 15.5. The third-order valence-corrected chi connectivity index (χ3v) is 6.15. The number of nitrogens with zero attached hydrogens (tertiary/aromatic N) is 1. The second-order valence-electron chi connectivity index (χ2n) is 7.05. The number of benzene rings is 3. The number of aliphatic imine (C=N–C) groups is 1. The molecule has 7 heteroatoms. The van der Waals surface area contributed by atoms with Gasteiger partial charge in [0.05, 0.1) is 17.7 Å². The van der Waals surface area contributed by atoms with Gasteiger partial charge in [-0.1, -0.05) is 54.1 Å². The molecule has 1 heterocycles. The van der Waals surface area contributed by atoms with Gasteiger partial charge >= 0.3 is 0 Å². The van der Waals surface area contributed by atoms with E-state index in [1.165, 1.54) is 11.8 Å². The van der Waals surface area contributed by atoms with E-state index >= 15 is 0 Å². The van der Waals surface area contributed by atoms with E-state index < -0.39 is 0 Å². The minimum atomic E-state index is -0.197. The molecule has 32 heavy (non-hydrogen) atoms. The molecule has 3 aromatic carbocycles. The number of methoxy groups -OCH3 is 1. The van der Waals surface area contributed by atoms with Crippen LogP contribution in [0.5, 0.6) is 11.5 Å². The number of nitrogens with one attached hydrogen (secondary N) is 1. The van der Waals surface area contributed by atoms with Crippen LogP contribution in [-0.2, 0) is 11.4 Å². The van der Waals surface area contributed by atoms with Crippen LogP contribution >= 0.6 is 23.4 Å². The van der Waals surface area contributed by atoms with Gasteiger partial charge in [-0.25, -0.2) is 4.99 Å². The van der Waals surface area contributed by atoms with E-state index in [0.29, 0.717) is 33.2 Å². The number of hydrogen-bond donors (Lipinski definition) is 1. The first-order valence-corrected chi connectivity index (χ1v) is 11.1. The minimum Gasteiger partial charge on any atom is -0.493 e. The second kappa shape index (κ2) is 9.94. The summed E-state index contributed by atoms with van der Waals surface area (Å²) in [7, 11) is 1.59. The first-order valence-electron chi connectivity index (χ1n) is 9.93. The van der Waals surface area contributed by atoms with Crippen molar-refractivity contribution in [3.05, 3.63) is 93.3 Å². The predicted octanol–water partition coefficient (Wildman–Crippen LogP) is 6.13. The Bertz CT molecular complexity index is 1210. The normalized spacial score (nSPS) is 15.8. The van der Waals surface area contributed by atoms with Crippen molar-refractivity contribution in [2.45, 2.75) is 13.5 Å². The van der Waals surface area contributed by atoms with E-state index in [1.807, 2.05) is 73.7 Å². The van der Waals surface area contributed by atoms with Crippen molar-refractivity contribution in [2.75, 3.05) is 7.11 Å². The van der Waals surface area contributed by atoms with Crippen LogP contribution in [-0.4, -0.2) is 18.2 Å². The molecule has 0 spiro atoms. The summed E-state index contributed by atoms with van der Waals surface area (Å²) in [5.41, 5.74) is 3.49. The van der Waals surface area contributed by atoms with Gasteiger partial charge in [-0.2, -0.15) is 0 Å². The number of amidine groups is 1. The van der Waals surface area contributed by atoms with Gasteiger partial charge in [0.15, 0.2) is 16.7 Å². The molecule has 4 rings (SSSR count). The van der Waals surface area contributed by atoms with E-state index in [0.717, 1.165) is 22.4 Å². The molecule has 0 radical (unpaired) electrons. The molecule has 5 nitrogen and oxygen atoms in total. The zero-order valence-electron chi connectivity index (χ0n) is 17.6. The lowest BCUT2D eigenvalue weighted by atomic mass is 10.2. The average Bonchev–Trinajstić information content (AvgIpc) is 3.15. The maximum atomic E-state index is 12.4. The molecule has 1 aliphatic heterocycles. The number of amides is 1. The Hall–Kier alpha value is -3.22. The van der Waals surface area contributed by atoms with Crippen LogP contribution in [0.1, 0.15) is 16.7 Å². The van der Waals surface area contributed by atoms with E-state index in [4.69, 9.17) is 21.1 Å². The van der Waals surface area contributed by atoms with E-state index in [1.54, 1.807) is 13.2 Å². The first kappa shape index (κ1) is 22.0. The van der Waals surface area contributed by atoms with Gasteiger partial charge in [0.25, 0.3) is 5.91 Å². The van der Waals surface area contributed by atoms with E-state index in [-0.39, 0.29) is 5.91 Å². The largest absolute Gasteiger partial charge is 0.493 e. The van der Waals surface area contributed by atoms with Gasteiger partial charge < -0.3 is 14.8 Å². The van der Waals surface area contributed by atoms with Crippen molar-refractivity contribution >= 4 is 46.2 Å². The Balaban J connectivity index is 1.51. The zero-order chi connectivity index (χ0) is 22.5. The van der Waals surface area contributed by atoms with Crippen LogP contribution in [0, 0.1) is 6.92 Å². The number of hydrogen-bond acceptors (Lipinski definition) is 5. The molecule has 0 bridgehead atoms. The highest BCUT2D eigenvalue weighted by Crippen LogP contribution is 2.33. The van der Waals surface area contributed by atoms with Crippen molar-refractivity contribution in [3.8, 4) is 11.5 Å². The molecule has 1 aliphatic rings. The van der Waals surface area contributed by atoms with Crippen LogP contribution < -0.4 is 14.8 Å². The summed E-state index contributed by atoms with van der Waals surface area (Å²) in [5.74, 6) is 1.04. The van der Waals surface area contributed by atoms with Crippen LogP contribution in [0.2, 0.25) is 5.02 Å². The molecule has 162 valence electrons. The molecule has 0 aromatic heterocycles. The van der Waals surface area contributed by atoms with Gasteiger partial charge in [-0.05, 0) is 65.7 Å². The Morgan fingerprint density at radius 2 is 1.88 bits per heavy atom. The molecule has 0 aliphatic carbocycles. The van der Waals surface area contributed by atoms with Crippen LogP contribution in [0.15, 0.2) is 76.6 Å². The highest BCUT2D eigenvalue weighted by Gasteiger charge is 2.24. The number of carbonyl (C=O) groups is 1. The number of thioether (sulfide) groups is 1. The molecule has 0 saturated carbocycles. The lowest BCUT2D eigenvalue weighted by Crippen LogP contribution is -2.19. The molecule has 1 saturated heterocycles. The molecule has 1 fully saturated rings. The van der Waals surface area contributed by atoms with Gasteiger partial charge in [0, 0.05) is 5.02 Å². The summed E-state index contributed by atoms with van der Waals surface area (Å²) < 4.78 is 11.4. The molecule has 1 N–H and O–H groups in total. The molecule has 0 atom stereocenters. The van der Waals surface area contributed by atoms with Crippen molar-refractivity contribution < 1.29 is 14.3 Å². The lowest BCUT2D eigenvalue weighted by molar-refractivity contribution is -0.115. The summed E-state index contributed by atoms with van der Waals surface area (Å²) in [6, 6.07) is 21.0. The van der Waals surface area contributed by atoms with Crippen molar-refractivity contribution in [3.63, 3.8) is 0 Å². The van der Waals surface area contributed by atoms with Crippen LogP contribution in [0.3, 0.4) is 0 Å². The molecule has 1 amide bonds. The minimum absolute atomic E-state index is 0.197. The SMILES string of the molecule is COc1cc(/C=C2\SC(=Nc3cccc(Cl)c3C)NC2=O)ccc1OCc1ccccc1. The van der Waals surface area contributed by atoms with Crippen molar-refractivity contribution in [1.29, 1.82) is 0 Å². The van der Waals surface area contributed by atoms with E-state index in [9.17, 15) is 4.79 Å². The smallest absolute Gasteiger partial charge is 0.264 e. The molecule has 0 unspecified atom stereocenters. The number of halogens is 1. The number of ether oxygens (including phenoxy) is 2. The van der Waals surface area contributed by atoms with Crippen molar-refractivity contribution in [1.82, 2.24) is 5.32 Å². The van der Waals surface area contributed by atoms with Gasteiger partial charge in [0.2, 0.25) is 0 Å². The topological polar surface area (TPSA) is 59.9 Å². The average molecular weight is 465 g/mol. The van der Waals surface area contributed by atoms with Crippen LogP contribution in [0.4, 0.5) is 5.69 Å². The molecular weight excluding hydrogens is 444 g/mol. The maximum absolute atomic E-state index is 12.4. The Morgan fingerprint density at radius 1 is 1.06 bits per heavy atom. The zero-order valence-corrected chi connectivity index (χ0v) is 19.2. The highest BCUT2D eigenvalue weighted by atomic mass is 35.5. The summed E-state index contributed by atoms with van der Waals surface area (Å²) in [5, 5.41) is 3.96. The summed E-state index contributed by atoms with van der Waals surface area (Å²) in [4.78, 5) is 17.5. The molecular formula is C25H21ClN2O3S. The van der Waals surface area contributed by atoms with Crippen molar-refractivity contribution in [2.24, 2.45) is 4.99 Å². The highest BCUT2D eigenvalue weighted by molar-refractivity contribution is 8.18. The lowest BCUT2D eigenvalue weighted by Gasteiger charge is -2.11. The summed E-state index contributed by atoms with van der Waals surface area (Å²) in [6.45, 7) is 2.34. The number of carbonyl (C=O) groups excluding carboxylic acids is 1. The van der Waals surface area contributed by atoms with Gasteiger partial charge in [-0.3, -0.25) is 4.79 Å².